The molecule has 18 heavy (non-hydrogen) atoms. The lowest BCUT2D eigenvalue weighted by molar-refractivity contribution is 0.453. The fourth-order valence-electron chi connectivity index (χ4n) is 1.64. The van der Waals surface area contributed by atoms with Gasteiger partial charge in [0.05, 0.1) is 0 Å². The van der Waals surface area contributed by atoms with Crippen molar-refractivity contribution in [1.82, 2.24) is 5.09 Å². The average Bonchev–Trinajstić information content (AvgIpc) is 2.35. The molecule has 0 radical (unpaired) electrons. The standard InChI is InChI=1S/C13H23N2O2P/c1-4-15(13-8-6-5-7-9-13)11-10-14-18(16,17)12(2)3/h5-9,12H,4,10-11H2,1-3H3,(H2,14,16,17). The number of rotatable bonds is 7. The van der Waals surface area contributed by atoms with Crippen molar-refractivity contribution in [3.05, 3.63) is 30.3 Å². The third-order valence-electron chi connectivity index (χ3n) is 2.92. The average molecular weight is 270 g/mol. The van der Waals surface area contributed by atoms with E-state index < -0.39 is 7.52 Å². The maximum Gasteiger partial charge on any atom is 0.269 e. The van der Waals surface area contributed by atoms with E-state index in [-0.39, 0.29) is 5.66 Å². The van der Waals surface area contributed by atoms with Crippen molar-refractivity contribution in [1.29, 1.82) is 0 Å². The maximum absolute atomic E-state index is 11.7. The Morgan fingerprint density at radius 2 is 1.94 bits per heavy atom. The van der Waals surface area contributed by atoms with Crippen LogP contribution in [0.15, 0.2) is 30.3 Å². The largest absolute Gasteiger partial charge is 0.371 e. The molecule has 1 aromatic rings. The summed E-state index contributed by atoms with van der Waals surface area (Å²) in [5.41, 5.74) is 0.892. The Labute approximate surface area is 110 Å². The third-order valence-corrected chi connectivity index (χ3v) is 5.00. The summed E-state index contributed by atoms with van der Waals surface area (Å²) in [6.07, 6.45) is 0. The Balaban J connectivity index is 2.49. The molecule has 0 aliphatic heterocycles. The zero-order valence-electron chi connectivity index (χ0n) is 11.3. The predicted molar refractivity (Wildman–Crippen MR) is 77.3 cm³/mol. The minimum atomic E-state index is -3.20. The molecule has 1 unspecified atom stereocenters. The van der Waals surface area contributed by atoms with Crippen LogP contribution in [0.4, 0.5) is 5.69 Å². The van der Waals surface area contributed by atoms with Crippen LogP contribution in [0.3, 0.4) is 0 Å². The molecular weight excluding hydrogens is 247 g/mol. The number of likely N-dealkylation sites (N-methyl/N-ethyl adjacent to an activating group) is 1. The van der Waals surface area contributed by atoms with Crippen LogP contribution in [0.25, 0.3) is 0 Å². The monoisotopic (exact) mass is 270 g/mol. The normalized spacial score (nSPS) is 14.5. The lowest BCUT2D eigenvalue weighted by atomic mass is 10.3. The second kappa shape index (κ2) is 6.93. The molecule has 102 valence electrons. The Morgan fingerprint density at radius 1 is 1.33 bits per heavy atom. The van der Waals surface area contributed by atoms with Gasteiger partial charge in [-0.25, -0.2) is 5.09 Å². The summed E-state index contributed by atoms with van der Waals surface area (Å²) in [6.45, 7) is 7.69. The van der Waals surface area contributed by atoms with E-state index in [4.69, 9.17) is 0 Å². The Hall–Kier alpha value is -0.830. The van der Waals surface area contributed by atoms with Crippen molar-refractivity contribution in [2.75, 3.05) is 24.5 Å². The molecule has 0 amide bonds. The highest BCUT2D eigenvalue weighted by Crippen LogP contribution is 2.40. The van der Waals surface area contributed by atoms with Crippen LogP contribution in [-0.4, -0.2) is 30.2 Å². The molecule has 1 atom stereocenters. The highest BCUT2D eigenvalue weighted by Gasteiger charge is 2.21. The van der Waals surface area contributed by atoms with Crippen molar-refractivity contribution < 1.29 is 9.46 Å². The van der Waals surface area contributed by atoms with Crippen LogP contribution in [0.2, 0.25) is 0 Å². The van der Waals surface area contributed by atoms with Crippen molar-refractivity contribution in [2.45, 2.75) is 26.4 Å². The number of hydrogen-bond acceptors (Lipinski definition) is 2. The minimum Gasteiger partial charge on any atom is -0.371 e. The van der Waals surface area contributed by atoms with Gasteiger partial charge in [0, 0.05) is 31.0 Å². The predicted octanol–water partition coefficient (Wildman–Crippen LogP) is 2.70. The molecule has 0 spiro atoms. The summed E-state index contributed by atoms with van der Waals surface area (Å²) < 4.78 is 11.7. The molecule has 0 saturated carbocycles. The SMILES string of the molecule is CCN(CCNP(=O)(O)C(C)C)c1ccccc1. The van der Waals surface area contributed by atoms with Gasteiger partial charge in [-0.1, -0.05) is 32.0 Å². The van der Waals surface area contributed by atoms with E-state index in [1.54, 1.807) is 13.8 Å². The molecule has 1 rings (SSSR count). The van der Waals surface area contributed by atoms with Gasteiger partial charge in [0.15, 0.2) is 0 Å². The number of benzene rings is 1. The smallest absolute Gasteiger partial charge is 0.269 e. The van der Waals surface area contributed by atoms with Crippen LogP contribution in [0.5, 0.6) is 0 Å². The molecular formula is C13H23N2O2P. The topological polar surface area (TPSA) is 52.6 Å². The number of nitrogens with one attached hydrogen (secondary N) is 1. The molecule has 4 nitrogen and oxygen atoms in total. The fourth-order valence-corrected chi connectivity index (χ4v) is 2.42. The molecule has 2 N–H and O–H groups in total. The molecule has 1 aromatic carbocycles. The highest BCUT2D eigenvalue weighted by molar-refractivity contribution is 7.56. The summed E-state index contributed by atoms with van der Waals surface area (Å²) in [6, 6.07) is 10.1. The second-order valence-electron chi connectivity index (χ2n) is 4.54. The van der Waals surface area contributed by atoms with Gasteiger partial charge in [0.1, 0.15) is 0 Å². The molecule has 0 bridgehead atoms. The molecule has 0 fully saturated rings. The zero-order valence-corrected chi connectivity index (χ0v) is 12.2. The maximum atomic E-state index is 11.7. The van der Waals surface area contributed by atoms with Crippen LogP contribution in [0.1, 0.15) is 20.8 Å². The van der Waals surface area contributed by atoms with Gasteiger partial charge in [-0.15, -0.1) is 0 Å². The zero-order chi connectivity index (χ0) is 13.6. The lowest BCUT2D eigenvalue weighted by Gasteiger charge is -2.24. The number of para-hydroxylation sites is 1. The van der Waals surface area contributed by atoms with Crippen LogP contribution in [-0.2, 0) is 4.57 Å². The van der Waals surface area contributed by atoms with E-state index in [1.165, 1.54) is 0 Å². The van der Waals surface area contributed by atoms with Gasteiger partial charge >= 0.3 is 0 Å². The highest BCUT2D eigenvalue weighted by atomic mass is 31.2. The number of anilines is 1. The lowest BCUT2D eigenvalue weighted by Crippen LogP contribution is -2.31. The van der Waals surface area contributed by atoms with E-state index in [0.29, 0.717) is 6.54 Å². The molecule has 5 heteroatoms. The first kappa shape index (κ1) is 15.2. The van der Waals surface area contributed by atoms with E-state index in [2.05, 4.69) is 16.9 Å². The Bertz CT molecular complexity index is 395. The molecule has 0 saturated heterocycles. The first-order valence-corrected chi connectivity index (χ1v) is 8.08. The van der Waals surface area contributed by atoms with Gasteiger partial charge in [-0.3, -0.25) is 4.57 Å². The van der Waals surface area contributed by atoms with Crippen molar-refractivity contribution >= 4 is 13.2 Å². The first-order chi connectivity index (χ1) is 8.47. The van der Waals surface area contributed by atoms with E-state index in [1.807, 2.05) is 30.3 Å². The third kappa shape index (κ3) is 4.45. The summed E-state index contributed by atoms with van der Waals surface area (Å²) in [7, 11) is -3.20. The van der Waals surface area contributed by atoms with E-state index in [9.17, 15) is 9.46 Å². The van der Waals surface area contributed by atoms with Crippen molar-refractivity contribution in [3.63, 3.8) is 0 Å². The Kier molecular flexibility index (Phi) is 5.86. The summed E-state index contributed by atoms with van der Waals surface area (Å²) >= 11 is 0. The van der Waals surface area contributed by atoms with Crippen LogP contribution < -0.4 is 9.99 Å². The van der Waals surface area contributed by atoms with Crippen LogP contribution >= 0.6 is 7.52 Å². The molecule has 0 aliphatic rings. The Morgan fingerprint density at radius 3 is 2.44 bits per heavy atom. The number of hydrogen-bond donors (Lipinski definition) is 2. The van der Waals surface area contributed by atoms with Gasteiger partial charge in [-0.05, 0) is 19.1 Å². The van der Waals surface area contributed by atoms with Crippen molar-refractivity contribution in [3.8, 4) is 0 Å². The number of nitrogens with zero attached hydrogens (tertiary/aromatic N) is 1. The first-order valence-electron chi connectivity index (χ1n) is 6.35. The molecule has 0 aliphatic carbocycles. The van der Waals surface area contributed by atoms with E-state index in [0.717, 1.165) is 18.8 Å². The minimum absolute atomic E-state index is 0.246. The summed E-state index contributed by atoms with van der Waals surface area (Å²) in [5.74, 6) is 0. The van der Waals surface area contributed by atoms with Gasteiger partial charge in [0.25, 0.3) is 7.52 Å². The van der Waals surface area contributed by atoms with Gasteiger partial charge in [0.2, 0.25) is 0 Å². The van der Waals surface area contributed by atoms with Gasteiger partial charge in [-0.2, -0.15) is 0 Å². The van der Waals surface area contributed by atoms with Crippen LogP contribution in [0, 0.1) is 0 Å². The van der Waals surface area contributed by atoms with E-state index >= 15 is 0 Å². The second-order valence-corrected chi connectivity index (χ2v) is 7.13. The molecule has 0 heterocycles. The quantitative estimate of drug-likeness (QED) is 0.748. The summed E-state index contributed by atoms with van der Waals surface area (Å²) in [5, 5.41) is 2.76. The van der Waals surface area contributed by atoms with Gasteiger partial charge < -0.3 is 9.79 Å². The van der Waals surface area contributed by atoms with Crippen molar-refractivity contribution in [2.24, 2.45) is 0 Å². The molecule has 0 aromatic heterocycles. The fraction of sp³-hybridized carbons (Fsp3) is 0.538. The summed E-state index contributed by atoms with van der Waals surface area (Å²) in [4.78, 5) is 11.8.